The lowest BCUT2D eigenvalue weighted by molar-refractivity contribution is -0.131. The van der Waals surface area contributed by atoms with Crippen molar-refractivity contribution in [3.8, 4) is 5.75 Å². The average Bonchev–Trinajstić information content (AvgIpc) is 2.73. The Balaban J connectivity index is 2.51. The zero-order valence-electron chi connectivity index (χ0n) is 8.60. The first-order valence-corrected chi connectivity index (χ1v) is 4.63. The van der Waals surface area contributed by atoms with Crippen LogP contribution in [0.5, 0.6) is 5.75 Å². The minimum Gasteiger partial charge on any atom is -0.494 e. The fourth-order valence-electron chi connectivity index (χ4n) is 1.46. The monoisotopic (exact) mass is 218 g/mol. The molecule has 82 valence electrons. The van der Waals surface area contributed by atoms with Crippen molar-refractivity contribution in [2.24, 2.45) is 0 Å². The molecule has 0 fully saturated rings. The van der Waals surface area contributed by atoms with E-state index in [4.69, 9.17) is 9.84 Å². The van der Waals surface area contributed by atoms with Crippen molar-refractivity contribution >= 4 is 23.1 Å². The highest BCUT2D eigenvalue weighted by molar-refractivity contribution is 5.88. The van der Waals surface area contributed by atoms with Gasteiger partial charge in [-0.05, 0) is 23.8 Å². The van der Waals surface area contributed by atoms with Crippen LogP contribution in [-0.2, 0) is 4.79 Å². The van der Waals surface area contributed by atoms with Crippen LogP contribution in [0.2, 0.25) is 0 Å². The summed E-state index contributed by atoms with van der Waals surface area (Å²) in [5.74, 6) is -0.368. The van der Waals surface area contributed by atoms with Crippen molar-refractivity contribution in [3.63, 3.8) is 0 Å². The van der Waals surface area contributed by atoms with Crippen LogP contribution in [0, 0.1) is 0 Å². The van der Waals surface area contributed by atoms with Gasteiger partial charge in [-0.2, -0.15) is 0 Å². The van der Waals surface area contributed by atoms with E-state index in [1.54, 1.807) is 19.5 Å². The summed E-state index contributed by atoms with van der Waals surface area (Å²) < 4.78 is 5.17. The van der Waals surface area contributed by atoms with E-state index >= 15 is 0 Å². The number of rotatable bonds is 3. The van der Waals surface area contributed by atoms with E-state index in [0.29, 0.717) is 5.75 Å². The summed E-state index contributed by atoms with van der Waals surface area (Å²) in [5, 5.41) is 8.54. The van der Waals surface area contributed by atoms with E-state index in [0.717, 1.165) is 22.7 Å². The van der Waals surface area contributed by atoms with Crippen LogP contribution in [0.4, 0.5) is 0 Å². The molecule has 1 aromatic carbocycles. The van der Waals surface area contributed by atoms with Crippen molar-refractivity contribution in [2.75, 3.05) is 7.11 Å². The minimum absolute atomic E-state index is 0.615. The van der Waals surface area contributed by atoms with Crippen LogP contribution in [0.15, 0.2) is 24.5 Å². The number of aliphatic carboxylic acids is 1. The number of nitrogens with zero attached hydrogens (tertiary/aromatic N) is 1. The van der Waals surface area contributed by atoms with Gasteiger partial charge in [0.2, 0.25) is 0 Å². The lowest BCUT2D eigenvalue weighted by Gasteiger charge is -2.02. The van der Waals surface area contributed by atoms with Crippen molar-refractivity contribution in [1.82, 2.24) is 9.97 Å². The van der Waals surface area contributed by atoms with Crippen molar-refractivity contribution in [3.05, 3.63) is 30.1 Å². The summed E-state index contributed by atoms with van der Waals surface area (Å²) in [4.78, 5) is 17.5. The van der Waals surface area contributed by atoms with Crippen LogP contribution < -0.4 is 4.74 Å². The number of carboxylic acids is 1. The molecule has 0 atom stereocenters. The van der Waals surface area contributed by atoms with Crippen molar-refractivity contribution in [1.29, 1.82) is 0 Å². The van der Waals surface area contributed by atoms with Gasteiger partial charge in [0.15, 0.2) is 0 Å². The third-order valence-electron chi connectivity index (χ3n) is 2.15. The summed E-state index contributed by atoms with van der Waals surface area (Å²) in [6.07, 6.45) is 4.15. The summed E-state index contributed by atoms with van der Waals surface area (Å²) in [6, 6.07) is 3.55. The molecule has 0 aliphatic heterocycles. The number of methoxy groups -OCH3 is 1. The van der Waals surface area contributed by atoms with Gasteiger partial charge < -0.3 is 14.8 Å². The first-order chi connectivity index (χ1) is 7.70. The Morgan fingerprint density at radius 3 is 3.06 bits per heavy atom. The number of ether oxygens (including phenoxy) is 1. The Kier molecular flexibility index (Phi) is 2.59. The van der Waals surface area contributed by atoms with Gasteiger partial charge in [0.1, 0.15) is 11.3 Å². The SMILES string of the molecule is COc1cc(/C=C/C(=O)O)cc2[nH]cnc12. The molecule has 0 radical (unpaired) electrons. The third kappa shape index (κ3) is 1.88. The summed E-state index contributed by atoms with van der Waals surface area (Å²) >= 11 is 0. The minimum atomic E-state index is -0.983. The number of carboxylic acid groups (broad SMARTS) is 1. The van der Waals surface area contributed by atoms with Crippen LogP contribution in [-0.4, -0.2) is 28.2 Å². The number of nitrogens with one attached hydrogen (secondary N) is 1. The molecular weight excluding hydrogens is 208 g/mol. The zero-order valence-corrected chi connectivity index (χ0v) is 8.60. The fraction of sp³-hybridized carbons (Fsp3) is 0.0909. The third-order valence-corrected chi connectivity index (χ3v) is 2.15. The van der Waals surface area contributed by atoms with Gasteiger partial charge in [0.25, 0.3) is 0 Å². The van der Waals surface area contributed by atoms with Gasteiger partial charge in [-0.25, -0.2) is 9.78 Å². The number of H-pyrrole nitrogens is 1. The highest BCUT2D eigenvalue weighted by Gasteiger charge is 2.05. The molecule has 2 aromatic rings. The van der Waals surface area contributed by atoms with E-state index in [1.165, 1.54) is 6.08 Å². The normalized spacial score (nSPS) is 11.1. The van der Waals surface area contributed by atoms with E-state index in [-0.39, 0.29) is 0 Å². The molecule has 0 amide bonds. The Morgan fingerprint density at radius 2 is 2.38 bits per heavy atom. The number of aromatic amines is 1. The van der Waals surface area contributed by atoms with E-state index in [9.17, 15) is 4.79 Å². The smallest absolute Gasteiger partial charge is 0.328 e. The molecule has 0 unspecified atom stereocenters. The van der Waals surface area contributed by atoms with Gasteiger partial charge in [0, 0.05) is 6.08 Å². The van der Waals surface area contributed by atoms with Crippen LogP contribution in [0.25, 0.3) is 17.1 Å². The molecule has 0 aliphatic rings. The molecule has 2 rings (SSSR count). The number of fused-ring (bicyclic) bond motifs is 1. The Morgan fingerprint density at radius 1 is 1.56 bits per heavy atom. The molecule has 0 saturated heterocycles. The van der Waals surface area contributed by atoms with Crippen LogP contribution in [0.3, 0.4) is 0 Å². The number of benzene rings is 1. The zero-order chi connectivity index (χ0) is 11.5. The number of imidazole rings is 1. The second-order valence-electron chi connectivity index (χ2n) is 3.19. The van der Waals surface area contributed by atoms with Gasteiger partial charge in [0.05, 0.1) is 19.0 Å². The van der Waals surface area contributed by atoms with Gasteiger partial charge in [-0.3, -0.25) is 0 Å². The maximum atomic E-state index is 10.4. The highest BCUT2D eigenvalue weighted by atomic mass is 16.5. The molecule has 2 N–H and O–H groups in total. The topological polar surface area (TPSA) is 75.2 Å². The summed E-state index contributed by atoms with van der Waals surface area (Å²) in [6.45, 7) is 0. The highest BCUT2D eigenvalue weighted by Crippen LogP contribution is 2.25. The first-order valence-electron chi connectivity index (χ1n) is 4.63. The predicted octanol–water partition coefficient (Wildman–Crippen LogP) is 1.67. The molecule has 0 spiro atoms. The predicted molar refractivity (Wildman–Crippen MR) is 59.3 cm³/mol. The standard InChI is InChI=1S/C11H10N2O3/c1-16-9-5-7(2-3-10(14)15)4-8-11(9)13-6-12-8/h2-6H,1H3,(H,12,13)(H,14,15)/b3-2+. The average molecular weight is 218 g/mol. The number of hydrogen-bond donors (Lipinski definition) is 2. The maximum Gasteiger partial charge on any atom is 0.328 e. The number of hydrogen-bond acceptors (Lipinski definition) is 3. The molecule has 0 bridgehead atoms. The molecule has 0 aliphatic carbocycles. The summed E-state index contributed by atoms with van der Waals surface area (Å²) in [7, 11) is 1.55. The fourth-order valence-corrected chi connectivity index (χ4v) is 1.46. The number of aromatic nitrogens is 2. The van der Waals surface area contributed by atoms with E-state index in [2.05, 4.69) is 9.97 Å². The quantitative estimate of drug-likeness (QED) is 0.768. The Hall–Kier alpha value is -2.30. The van der Waals surface area contributed by atoms with Crippen molar-refractivity contribution < 1.29 is 14.6 Å². The lowest BCUT2D eigenvalue weighted by atomic mass is 10.1. The van der Waals surface area contributed by atoms with Crippen LogP contribution >= 0.6 is 0 Å². The maximum absolute atomic E-state index is 10.4. The molecule has 1 aromatic heterocycles. The Bertz CT molecular complexity index is 557. The van der Waals surface area contributed by atoms with Crippen LogP contribution in [0.1, 0.15) is 5.56 Å². The van der Waals surface area contributed by atoms with Gasteiger partial charge in [-0.1, -0.05) is 0 Å². The molecule has 1 heterocycles. The molecule has 5 heteroatoms. The number of carbonyl (C=O) groups is 1. The second kappa shape index (κ2) is 4.06. The molecular formula is C11H10N2O3. The molecule has 0 saturated carbocycles. The van der Waals surface area contributed by atoms with Gasteiger partial charge in [-0.15, -0.1) is 0 Å². The van der Waals surface area contributed by atoms with Crippen molar-refractivity contribution in [2.45, 2.75) is 0 Å². The van der Waals surface area contributed by atoms with E-state index in [1.807, 2.05) is 6.07 Å². The molecule has 16 heavy (non-hydrogen) atoms. The summed E-state index contributed by atoms with van der Waals surface area (Å²) in [5.41, 5.74) is 2.29. The van der Waals surface area contributed by atoms with E-state index < -0.39 is 5.97 Å². The largest absolute Gasteiger partial charge is 0.494 e. The second-order valence-corrected chi connectivity index (χ2v) is 3.19. The lowest BCUT2D eigenvalue weighted by Crippen LogP contribution is -1.88. The first kappa shape index (κ1) is 10.2. The van der Waals surface area contributed by atoms with Gasteiger partial charge >= 0.3 is 5.97 Å². The molecule has 5 nitrogen and oxygen atoms in total. The Labute approximate surface area is 91.4 Å².